The van der Waals surface area contributed by atoms with Crippen LogP contribution in [0.25, 0.3) is 0 Å². The van der Waals surface area contributed by atoms with Crippen LogP contribution in [0.2, 0.25) is 0 Å². The Kier molecular flexibility index (Phi) is 4.14. The van der Waals surface area contributed by atoms with Crippen molar-refractivity contribution in [1.82, 2.24) is 24.5 Å². The quantitative estimate of drug-likeness (QED) is 0.737. The van der Waals surface area contributed by atoms with Crippen LogP contribution in [0.15, 0.2) is 18.7 Å². The highest BCUT2D eigenvalue weighted by Crippen LogP contribution is 2.04. The molecule has 2 rings (SSSR count). The van der Waals surface area contributed by atoms with Crippen molar-refractivity contribution >= 4 is 11.6 Å². The number of hydrogen-bond donors (Lipinski definition) is 0. The van der Waals surface area contributed by atoms with Crippen molar-refractivity contribution in [3.05, 3.63) is 30.1 Å². The molecule has 0 amide bonds. The van der Waals surface area contributed by atoms with Crippen LogP contribution in [0.4, 0.5) is 0 Å². The molecule has 2 aromatic rings. The van der Waals surface area contributed by atoms with Gasteiger partial charge in [0.1, 0.15) is 0 Å². The van der Waals surface area contributed by atoms with Gasteiger partial charge in [0, 0.05) is 25.0 Å². The summed E-state index contributed by atoms with van der Waals surface area (Å²) in [5, 5.41) is 8.14. The molecule has 0 saturated heterocycles. The molecule has 0 unspecified atom stereocenters. The molecule has 0 N–H and O–H groups in total. The summed E-state index contributed by atoms with van der Waals surface area (Å²) in [6.45, 7) is 3.84. The monoisotopic (exact) mass is 253 g/mol. The zero-order valence-electron chi connectivity index (χ0n) is 9.88. The first kappa shape index (κ1) is 12.1. The molecule has 0 spiro atoms. The van der Waals surface area contributed by atoms with Crippen molar-refractivity contribution in [2.45, 2.75) is 32.9 Å². The highest BCUT2D eigenvalue weighted by molar-refractivity contribution is 6.17. The molecule has 0 bridgehead atoms. The summed E-state index contributed by atoms with van der Waals surface area (Å²) < 4.78 is 3.97. The fraction of sp³-hybridized carbons (Fsp3) is 0.545. The molecule has 0 saturated carbocycles. The van der Waals surface area contributed by atoms with E-state index in [0.717, 1.165) is 30.8 Å². The van der Waals surface area contributed by atoms with Gasteiger partial charge in [-0.3, -0.25) is 0 Å². The second-order valence-electron chi connectivity index (χ2n) is 3.92. The summed E-state index contributed by atoms with van der Waals surface area (Å²) in [6.07, 6.45) is 7.52. The van der Waals surface area contributed by atoms with E-state index in [9.17, 15) is 0 Å². The van der Waals surface area contributed by atoms with Gasteiger partial charge in [-0.25, -0.2) is 9.67 Å². The summed E-state index contributed by atoms with van der Waals surface area (Å²) >= 11 is 5.66. The van der Waals surface area contributed by atoms with Gasteiger partial charge < -0.3 is 4.57 Å². The first-order chi connectivity index (χ1) is 8.33. The first-order valence-electron chi connectivity index (χ1n) is 5.77. The van der Waals surface area contributed by atoms with Crippen molar-refractivity contribution < 1.29 is 0 Å². The van der Waals surface area contributed by atoms with Crippen LogP contribution < -0.4 is 0 Å². The molecule has 0 radical (unpaired) electrons. The number of nitrogens with zero attached hydrogens (tertiary/aromatic N) is 5. The van der Waals surface area contributed by atoms with E-state index >= 15 is 0 Å². The van der Waals surface area contributed by atoms with Crippen molar-refractivity contribution in [3.63, 3.8) is 0 Å². The number of halogens is 1. The van der Waals surface area contributed by atoms with E-state index in [4.69, 9.17) is 11.6 Å². The average Bonchev–Trinajstić information content (AvgIpc) is 2.91. The topological polar surface area (TPSA) is 48.5 Å². The van der Waals surface area contributed by atoms with Crippen molar-refractivity contribution in [2.75, 3.05) is 5.88 Å². The smallest absolute Gasteiger partial charge is 0.0948 e. The minimum atomic E-state index is 0.576. The molecule has 5 nitrogen and oxygen atoms in total. The Morgan fingerprint density at radius 2 is 2.29 bits per heavy atom. The van der Waals surface area contributed by atoms with Crippen molar-refractivity contribution in [2.24, 2.45) is 0 Å². The predicted molar refractivity (Wildman–Crippen MR) is 66.1 cm³/mol. The lowest BCUT2D eigenvalue weighted by atomic mass is 10.4. The maximum absolute atomic E-state index is 5.66. The summed E-state index contributed by atoms with van der Waals surface area (Å²) in [6, 6.07) is 0. The predicted octanol–water partition coefficient (Wildman–Crippen LogP) is 1.71. The molecule has 6 heteroatoms. The van der Waals surface area contributed by atoms with Gasteiger partial charge in [-0.2, -0.15) is 0 Å². The molecular formula is C11H16ClN5. The zero-order chi connectivity index (χ0) is 12.1. The number of aryl methyl sites for hydroxylation is 2. The molecule has 0 aromatic carbocycles. The third-order valence-electron chi connectivity index (χ3n) is 2.52. The number of aromatic nitrogens is 5. The van der Waals surface area contributed by atoms with Crippen LogP contribution in [0.5, 0.6) is 0 Å². The minimum absolute atomic E-state index is 0.576. The molecule has 0 aliphatic carbocycles. The van der Waals surface area contributed by atoms with Crippen LogP contribution in [-0.4, -0.2) is 30.4 Å². The minimum Gasteiger partial charge on any atom is -0.333 e. The Hall–Kier alpha value is -1.36. The van der Waals surface area contributed by atoms with E-state index in [0.29, 0.717) is 12.4 Å². The lowest BCUT2D eigenvalue weighted by Crippen LogP contribution is -2.07. The number of imidazole rings is 1. The van der Waals surface area contributed by atoms with Gasteiger partial charge >= 0.3 is 0 Å². The SMILES string of the molecule is CCCn1cncc1Cn1cc(CCCl)nn1. The van der Waals surface area contributed by atoms with Crippen LogP contribution in [0, 0.1) is 0 Å². The molecule has 2 aromatic heterocycles. The van der Waals surface area contributed by atoms with Crippen molar-refractivity contribution in [3.8, 4) is 0 Å². The van der Waals surface area contributed by atoms with Crippen LogP contribution in [0.1, 0.15) is 24.7 Å². The number of alkyl halides is 1. The molecular weight excluding hydrogens is 238 g/mol. The lowest BCUT2D eigenvalue weighted by molar-refractivity contribution is 0.583. The van der Waals surface area contributed by atoms with Crippen molar-refractivity contribution in [1.29, 1.82) is 0 Å². The van der Waals surface area contributed by atoms with Gasteiger partial charge in [-0.1, -0.05) is 12.1 Å². The third kappa shape index (κ3) is 3.06. The first-order valence-corrected chi connectivity index (χ1v) is 6.31. The van der Waals surface area contributed by atoms with Crippen LogP contribution in [-0.2, 0) is 19.5 Å². The fourth-order valence-electron chi connectivity index (χ4n) is 1.72. The highest BCUT2D eigenvalue weighted by Gasteiger charge is 2.05. The summed E-state index contributed by atoms with van der Waals surface area (Å²) in [7, 11) is 0. The Morgan fingerprint density at radius 1 is 1.41 bits per heavy atom. The van der Waals surface area contributed by atoms with E-state index < -0.39 is 0 Å². The third-order valence-corrected chi connectivity index (χ3v) is 2.71. The maximum Gasteiger partial charge on any atom is 0.0948 e. The Morgan fingerprint density at radius 3 is 3.06 bits per heavy atom. The Labute approximate surface area is 105 Å². The van der Waals surface area contributed by atoms with E-state index in [1.807, 2.05) is 23.4 Å². The fourth-order valence-corrected chi connectivity index (χ4v) is 1.91. The second kappa shape index (κ2) is 5.82. The van der Waals surface area contributed by atoms with Gasteiger partial charge in [0.25, 0.3) is 0 Å². The Bertz CT molecular complexity index is 462. The zero-order valence-corrected chi connectivity index (χ0v) is 10.6. The normalized spacial score (nSPS) is 10.9. The highest BCUT2D eigenvalue weighted by atomic mass is 35.5. The van der Waals surface area contributed by atoms with Gasteiger partial charge in [0.05, 0.1) is 30.5 Å². The second-order valence-corrected chi connectivity index (χ2v) is 4.30. The van der Waals surface area contributed by atoms with Crippen LogP contribution in [0.3, 0.4) is 0 Å². The molecule has 2 heterocycles. The summed E-state index contributed by atoms with van der Waals surface area (Å²) in [5.41, 5.74) is 2.08. The van der Waals surface area contributed by atoms with E-state index in [1.165, 1.54) is 0 Å². The Balaban J connectivity index is 2.05. The van der Waals surface area contributed by atoms with E-state index in [-0.39, 0.29) is 0 Å². The summed E-state index contributed by atoms with van der Waals surface area (Å²) in [5.74, 6) is 0.576. The molecule has 0 aliphatic heterocycles. The summed E-state index contributed by atoms with van der Waals surface area (Å²) in [4.78, 5) is 4.16. The number of hydrogen-bond acceptors (Lipinski definition) is 3. The van der Waals surface area contributed by atoms with Gasteiger partial charge in [0.15, 0.2) is 0 Å². The van der Waals surface area contributed by atoms with Gasteiger partial charge in [0.2, 0.25) is 0 Å². The standard InChI is InChI=1S/C11H16ClN5/c1-2-5-16-9-13-6-11(16)8-17-7-10(3-4-12)14-15-17/h6-7,9H,2-5,8H2,1H3. The van der Waals surface area contributed by atoms with Gasteiger partial charge in [-0.05, 0) is 6.42 Å². The lowest BCUT2D eigenvalue weighted by Gasteiger charge is -2.05. The maximum atomic E-state index is 5.66. The molecule has 92 valence electrons. The van der Waals surface area contributed by atoms with Gasteiger partial charge in [-0.15, -0.1) is 16.7 Å². The average molecular weight is 254 g/mol. The van der Waals surface area contributed by atoms with E-state index in [2.05, 4.69) is 26.8 Å². The number of rotatable bonds is 6. The molecule has 0 aliphatic rings. The van der Waals surface area contributed by atoms with E-state index in [1.54, 1.807) is 0 Å². The van der Waals surface area contributed by atoms with Crippen LogP contribution >= 0.6 is 11.6 Å². The molecule has 0 fully saturated rings. The largest absolute Gasteiger partial charge is 0.333 e. The molecule has 17 heavy (non-hydrogen) atoms. The molecule has 0 atom stereocenters.